The summed E-state index contributed by atoms with van der Waals surface area (Å²) in [5.74, 6) is -0.214. The second kappa shape index (κ2) is 14.6. The van der Waals surface area contributed by atoms with Gasteiger partial charge in [-0.15, -0.1) is 0 Å². The molecule has 13 nitrogen and oxygen atoms in total. The molecule has 230 valence electrons. The average molecular weight is 596 g/mol. The van der Waals surface area contributed by atoms with Gasteiger partial charge in [-0.3, -0.25) is 25.0 Å². The zero-order valence-corrected chi connectivity index (χ0v) is 24.5. The van der Waals surface area contributed by atoms with E-state index in [9.17, 15) is 19.2 Å². The number of hydrogen-bond acceptors (Lipinski definition) is 10. The van der Waals surface area contributed by atoms with Crippen molar-refractivity contribution in [2.75, 3.05) is 50.2 Å². The van der Waals surface area contributed by atoms with Crippen LogP contribution in [-0.2, 0) is 23.8 Å². The van der Waals surface area contributed by atoms with Crippen LogP contribution in [0.5, 0.6) is 5.75 Å². The van der Waals surface area contributed by atoms with Gasteiger partial charge >= 0.3 is 6.09 Å². The number of benzene rings is 2. The van der Waals surface area contributed by atoms with Crippen LogP contribution in [0.4, 0.5) is 16.2 Å². The van der Waals surface area contributed by atoms with E-state index in [1.807, 2.05) is 6.07 Å². The van der Waals surface area contributed by atoms with Crippen LogP contribution in [0.25, 0.3) is 10.8 Å². The lowest BCUT2D eigenvalue weighted by Gasteiger charge is -2.21. The van der Waals surface area contributed by atoms with Crippen molar-refractivity contribution in [2.24, 2.45) is 0 Å². The van der Waals surface area contributed by atoms with Crippen molar-refractivity contribution in [1.82, 2.24) is 15.1 Å². The molecule has 1 unspecified atom stereocenters. The second-order valence-corrected chi connectivity index (χ2v) is 10.8. The Labute approximate surface area is 248 Å². The van der Waals surface area contributed by atoms with Gasteiger partial charge < -0.3 is 24.3 Å². The molecule has 1 aliphatic heterocycles. The van der Waals surface area contributed by atoms with E-state index >= 15 is 0 Å². The summed E-state index contributed by atoms with van der Waals surface area (Å²) >= 11 is 0. The maximum absolute atomic E-state index is 13.0. The van der Waals surface area contributed by atoms with Gasteiger partial charge in [0, 0.05) is 29.7 Å². The van der Waals surface area contributed by atoms with Gasteiger partial charge in [-0.1, -0.05) is 6.07 Å². The number of piperidine rings is 1. The molecule has 0 radical (unpaired) electrons. The summed E-state index contributed by atoms with van der Waals surface area (Å²) in [6, 6.07) is 11.5. The number of fused-ring (bicyclic) bond motifs is 1. The van der Waals surface area contributed by atoms with Crippen LogP contribution in [0.15, 0.2) is 53.5 Å². The van der Waals surface area contributed by atoms with E-state index in [-0.39, 0.29) is 24.3 Å². The number of carbonyl (C=O) groups excluding carboxylic acids is 3. The molecule has 1 fully saturated rings. The summed E-state index contributed by atoms with van der Waals surface area (Å²) in [4.78, 5) is 48.5. The largest absolute Gasteiger partial charge is 0.491 e. The quantitative estimate of drug-likeness (QED) is 0.198. The lowest BCUT2D eigenvalue weighted by Crippen LogP contribution is -2.45. The molecule has 3 N–H and O–H groups in total. The Hall–Kier alpha value is -4.49. The predicted molar refractivity (Wildman–Crippen MR) is 159 cm³/mol. The molecule has 3 aromatic rings. The number of carbonyl (C=O) groups is 3. The lowest BCUT2D eigenvalue weighted by atomic mass is 10.1. The van der Waals surface area contributed by atoms with E-state index in [4.69, 9.17) is 18.9 Å². The van der Waals surface area contributed by atoms with Crippen LogP contribution in [0, 0.1) is 0 Å². The number of amides is 3. The number of hydrogen-bond donors (Lipinski definition) is 3. The minimum Gasteiger partial charge on any atom is -0.491 e. The third-order valence-electron chi connectivity index (χ3n) is 6.26. The van der Waals surface area contributed by atoms with Crippen LogP contribution < -0.4 is 26.2 Å². The molecule has 2 aromatic carbocycles. The number of nitrogens with zero attached hydrogens (tertiary/aromatic N) is 2. The first-order valence-corrected chi connectivity index (χ1v) is 14.1. The highest BCUT2D eigenvalue weighted by molar-refractivity contribution is 5.99. The van der Waals surface area contributed by atoms with Crippen LogP contribution in [0.1, 0.15) is 39.7 Å². The van der Waals surface area contributed by atoms with E-state index in [0.717, 1.165) is 10.4 Å². The van der Waals surface area contributed by atoms with Crippen molar-refractivity contribution in [2.45, 2.75) is 45.3 Å². The fourth-order valence-electron chi connectivity index (χ4n) is 4.27. The van der Waals surface area contributed by atoms with Crippen LogP contribution >= 0.6 is 0 Å². The number of nitrogens with one attached hydrogen (secondary N) is 3. The Kier molecular flexibility index (Phi) is 10.7. The molecule has 1 aromatic heterocycles. The first-order chi connectivity index (χ1) is 20.6. The Balaban J connectivity index is 1.10. The number of imide groups is 1. The van der Waals surface area contributed by atoms with E-state index < -0.39 is 23.6 Å². The second-order valence-electron chi connectivity index (χ2n) is 10.8. The number of ether oxygens (including phenoxy) is 4. The minimum absolute atomic E-state index is 0.162. The fourth-order valence-corrected chi connectivity index (χ4v) is 4.27. The van der Waals surface area contributed by atoms with Gasteiger partial charge in [0.25, 0.3) is 11.5 Å². The number of anilines is 2. The summed E-state index contributed by atoms with van der Waals surface area (Å²) in [7, 11) is 0. The van der Waals surface area contributed by atoms with Crippen LogP contribution in [0.2, 0.25) is 0 Å². The van der Waals surface area contributed by atoms with Crippen molar-refractivity contribution in [1.29, 1.82) is 0 Å². The van der Waals surface area contributed by atoms with Crippen molar-refractivity contribution >= 4 is 40.1 Å². The van der Waals surface area contributed by atoms with Gasteiger partial charge in [0.15, 0.2) is 0 Å². The lowest BCUT2D eigenvalue weighted by molar-refractivity contribution is -0.136. The predicted octanol–water partition coefficient (Wildman–Crippen LogP) is 3.25. The highest BCUT2D eigenvalue weighted by Crippen LogP contribution is 2.20. The van der Waals surface area contributed by atoms with Crippen molar-refractivity contribution in [3.05, 3.63) is 59.0 Å². The first-order valence-electron chi connectivity index (χ1n) is 14.1. The SMILES string of the molecule is CC(C)(C)OC(=O)Nc1ccc(OCCOCCOCCNc2ccc3cnn(C4CCC(=O)NC4=O)c(=O)c3c2)cc1. The smallest absolute Gasteiger partial charge is 0.412 e. The minimum atomic E-state index is -0.810. The molecule has 1 aliphatic rings. The molecule has 0 bridgehead atoms. The summed E-state index contributed by atoms with van der Waals surface area (Å²) in [6.07, 6.45) is 1.42. The number of aromatic nitrogens is 2. The van der Waals surface area contributed by atoms with E-state index in [0.29, 0.717) is 61.8 Å². The third kappa shape index (κ3) is 9.51. The van der Waals surface area contributed by atoms with E-state index in [2.05, 4.69) is 21.0 Å². The molecule has 0 spiro atoms. The topological polar surface area (TPSA) is 159 Å². The summed E-state index contributed by atoms with van der Waals surface area (Å²) in [6.45, 7) is 7.92. The molecule has 2 heterocycles. The molecule has 3 amide bonds. The maximum atomic E-state index is 13.0. The summed E-state index contributed by atoms with van der Waals surface area (Å²) in [5.41, 5.74) is 0.384. The molecule has 1 saturated heterocycles. The number of rotatable bonds is 13. The Bertz CT molecular complexity index is 1480. The fraction of sp³-hybridized carbons (Fsp3) is 0.433. The average Bonchev–Trinajstić information content (AvgIpc) is 2.95. The molecule has 0 aliphatic carbocycles. The van der Waals surface area contributed by atoms with Gasteiger partial charge in [-0.05, 0) is 63.6 Å². The molecular weight excluding hydrogens is 558 g/mol. The zero-order chi connectivity index (χ0) is 30.8. The third-order valence-corrected chi connectivity index (χ3v) is 6.26. The highest BCUT2D eigenvalue weighted by Gasteiger charge is 2.30. The van der Waals surface area contributed by atoms with Gasteiger partial charge in [0.1, 0.15) is 24.0 Å². The van der Waals surface area contributed by atoms with E-state index in [1.165, 1.54) is 0 Å². The molecule has 13 heteroatoms. The highest BCUT2D eigenvalue weighted by atomic mass is 16.6. The molecule has 1 atom stereocenters. The van der Waals surface area contributed by atoms with Gasteiger partial charge in [0.05, 0.1) is 38.0 Å². The van der Waals surface area contributed by atoms with Gasteiger partial charge in [-0.2, -0.15) is 5.10 Å². The summed E-state index contributed by atoms with van der Waals surface area (Å²) < 4.78 is 23.2. The Morgan fingerprint density at radius 3 is 2.40 bits per heavy atom. The monoisotopic (exact) mass is 595 g/mol. The standard InChI is InChI=1S/C30H37N5O8/c1-30(2,3)43-29(39)33-21-6-8-23(9-7-21)42-17-16-41-15-14-40-13-12-31-22-5-4-20-19-32-35(28(38)24(20)18-22)25-10-11-26(36)34-27(25)37/h4-9,18-19,25,31H,10-17H2,1-3H3,(H,33,39)(H,34,36,37). The molecule has 4 rings (SSSR count). The van der Waals surface area contributed by atoms with E-state index in [1.54, 1.807) is 63.4 Å². The Morgan fingerprint density at radius 1 is 0.977 bits per heavy atom. The van der Waals surface area contributed by atoms with Gasteiger partial charge in [-0.25, -0.2) is 9.48 Å². The first kappa shape index (κ1) is 31.4. The molecule has 43 heavy (non-hydrogen) atoms. The van der Waals surface area contributed by atoms with Crippen molar-refractivity contribution in [3.8, 4) is 5.75 Å². The van der Waals surface area contributed by atoms with Crippen molar-refractivity contribution < 1.29 is 33.3 Å². The normalized spacial score (nSPS) is 15.2. The Morgan fingerprint density at radius 2 is 1.67 bits per heavy atom. The summed E-state index contributed by atoms with van der Waals surface area (Å²) in [5, 5.41) is 13.4. The van der Waals surface area contributed by atoms with Crippen LogP contribution in [0.3, 0.4) is 0 Å². The molecule has 0 saturated carbocycles. The van der Waals surface area contributed by atoms with Crippen LogP contribution in [-0.4, -0.2) is 72.9 Å². The zero-order valence-electron chi connectivity index (χ0n) is 24.5. The maximum Gasteiger partial charge on any atom is 0.412 e. The van der Waals surface area contributed by atoms with Gasteiger partial charge in [0.2, 0.25) is 5.91 Å². The van der Waals surface area contributed by atoms with Crippen molar-refractivity contribution in [3.63, 3.8) is 0 Å². The molecular formula is C30H37N5O8.